The van der Waals surface area contributed by atoms with Crippen LogP contribution >= 0.6 is 0 Å². The van der Waals surface area contributed by atoms with Gasteiger partial charge in [0.2, 0.25) is 6.29 Å². The Morgan fingerprint density at radius 3 is 2.29 bits per heavy atom. The Hall–Kier alpha value is -1.71. The summed E-state index contributed by atoms with van der Waals surface area (Å²) in [5.41, 5.74) is 2.78. The molecule has 62 heavy (non-hydrogen) atoms. The number of alkyl halides is 1. The van der Waals surface area contributed by atoms with E-state index in [9.17, 15) is 38.0 Å². The van der Waals surface area contributed by atoms with E-state index in [0.717, 1.165) is 25.9 Å². The fraction of sp³-hybridized carbons (Fsp3) is 0.857. The van der Waals surface area contributed by atoms with Gasteiger partial charge in [-0.15, -0.1) is 0 Å². The van der Waals surface area contributed by atoms with Crippen molar-refractivity contribution in [3.05, 3.63) is 35.5 Å². The van der Waals surface area contributed by atoms with E-state index in [4.69, 9.17) is 9.47 Å². The molecule has 0 bridgehead atoms. The molecule has 13 heteroatoms. The lowest BCUT2D eigenvalue weighted by Crippen LogP contribution is -2.68. The number of nitrogens with one attached hydrogen (secondary N) is 1. The van der Waals surface area contributed by atoms with Crippen LogP contribution in [0, 0.1) is 56.7 Å². The van der Waals surface area contributed by atoms with E-state index in [1.165, 1.54) is 61.7 Å². The molecule has 2 saturated heterocycles. The number of sulfone groups is 1. The van der Waals surface area contributed by atoms with Gasteiger partial charge < -0.3 is 40.1 Å². The summed E-state index contributed by atoms with van der Waals surface area (Å²) in [5, 5.41) is 44.7. The quantitative estimate of drug-likeness (QED) is 0.136. The number of aliphatic hydroxyl groups is 4. The minimum atomic E-state index is -2.90. The van der Waals surface area contributed by atoms with Gasteiger partial charge in [0.05, 0.1) is 18.1 Å². The summed E-state index contributed by atoms with van der Waals surface area (Å²) in [6.07, 6.45) is 8.01. The minimum Gasteiger partial charge on any atom is -0.432 e. The third-order valence-electron chi connectivity index (χ3n) is 19.7. The molecule has 2 heterocycles. The summed E-state index contributed by atoms with van der Waals surface area (Å²) >= 11 is 0. The first kappa shape index (κ1) is 46.8. The number of ether oxygens (including phenoxy) is 2. The van der Waals surface area contributed by atoms with Crippen LogP contribution in [-0.4, -0.2) is 127 Å². The van der Waals surface area contributed by atoms with Gasteiger partial charge in [-0.1, -0.05) is 58.9 Å². The average molecular weight is 889 g/mol. The molecule has 0 aromatic rings. The standard InChI is InChI=1S/C49H77FN2O9S/c1-30(2)32-12-19-49(51-22-23-52-24-26-62(58,59)27-25-52)21-20-46(6)34(38(32)49)8-9-37-45(5)15-13-33(44(3,4)36(45)14-16-47(37,46)7)31-10-17-48(29-50,18-11-31)43(57)61-42-41(56)40(55)39(54)35(28-53)60-42/h10,13,32,34-42,51,53-56H,1,8-9,11-12,14-29H2,2-7H3/t32-,34+,35+,36-,37+,38+,39+,40-,41+,42-,45-,46+,47+,48+,49-/m0/s1. The molecule has 350 valence electrons. The number of fused-ring (bicyclic) bond motifs is 7. The topological polar surface area (TPSA) is 166 Å². The number of nitrogens with zero attached hydrogens (tertiary/aromatic N) is 1. The van der Waals surface area contributed by atoms with Gasteiger partial charge in [-0.2, -0.15) is 0 Å². The molecule has 8 rings (SSSR count). The maximum Gasteiger partial charge on any atom is 0.317 e. The zero-order valence-electron chi connectivity index (χ0n) is 38.3. The van der Waals surface area contributed by atoms with Crippen LogP contribution in [0.25, 0.3) is 0 Å². The van der Waals surface area contributed by atoms with Crippen molar-refractivity contribution in [1.29, 1.82) is 0 Å². The largest absolute Gasteiger partial charge is 0.432 e. The van der Waals surface area contributed by atoms with Crippen molar-refractivity contribution >= 4 is 15.8 Å². The zero-order chi connectivity index (χ0) is 44.8. The second kappa shape index (κ2) is 16.6. The zero-order valence-corrected chi connectivity index (χ0v) is 39.2. The van der Waals surface area contributed by atoms with Crippen LogP contribution in [0.1, 0.15) is 119 Å². The summed E-state index contributed by atoms with van der Waals surface area (Å²) in [4.78, 5) is 15.9. The third-order valence-corrected chi connectivity index (χ3v) is 21.3. The van der Waals surface area contributed by atoms with Crippen molar-refractivity contribution in [2.24, 2.45) is 56.7 Å². The van der Waals surface area contributed by atoms with Gasteiger partial charge in [-0.05, 0) is 146 Å². The van der Waals surface area contributed by atoms with Crippen molar-refractivity contribution in [3.63, 3.8) is 0 Å². The summed E-state index contributed by atoms with van der Waals surface area (Å²) in [6, 6.07) is 0. The lowest BCUT2D eigenvalue weighted by molar-refractivity contribution is -0.295. The molecule has 0 aromatic carbocycles. The number of halogens is 1. The highest BCUT2D eigenvalue weighted by Crippen LogP contribution is 2.76. The van der Waals surface area contributed by atoms with Crippen molar-refractivity contribution in [3.8, 4) is 0 Å². The van der Waals surface area contributed by atoms with Gasteiger partial charge in [0.25, 0.3) is 0 Å². The molecule has 6 aliphatic carbocycles. The van der Waals surface area contributed by atoms with Crippen LogP contribution in [-0.2, 0) is 24.1 Å². The monoisotopic (exact) mass is 889 g/mol. The Morgan fingerprint density at radius 1 is 0.919 bits per heavy atom. The number of carbonyl (C=O) groups is 1. The number of carbonyl (C=O) groups excluding carboxylic acids is 1. The highest BCUT2D eigenvalue weighted by atomic mass is 32.2. The van der Waals surface area contributed by atoms with Crippen LogP contribution in [0.15, 0.2) is 35.5 Å². The summed E-state index contributed by atoms with van der Waals surface area (Å²) < 4.78 is 50.0. The van der Waals surface area contributed by atoms with E-state index in [0.29, 0.717) is 49.1 Å². The highest BCUT2D eigenvalue weighted by molar-refractivity contribution is 7.91. The van der Waals surface area contributed by atoms with Gasteiger partial charge in [-0.3, -0.25) is 4.79 Å². The number of hydrogen-bond donors (Lipinski definition) is 5. The first-order valence-corrected chi connectivity index (χ1v) is 25.7. The number of aliphatic hydroxyl groups excluding tert-OH is 4. The predicted octanol–water partition coefficient (Wildman–Crippen LogP) is 5.66. The molecule has 0 amide bonds. The van der Waals surface area contributed by atoms with Gasteiger partial charge in [0, 0.05) is 31.7 Å². The van der Waals surface area contributed by atoms with E-state index in [1.807, 2.05) is 6.08 Å². The normalized spacial score (nSPS) is 47.5. The number of hydrogen-bond acceptors (Lipinski definition) is 11. The first-order valence-electron chi connectivity index (χ1n) is 23.9. The fourth-order valence-electron chi connectivity index (χ4n) is 15.9. The Labute approximate surface area is 370 Å². The number of rotatable bonds is 10. The van der Waals surface area contributed by atoms with E-state index >= 15 is 0 Å². The third kappa shape index (κ3) is 7.35. The molecule has 0 radical (unpaired) electrons. The summed E-state index contributed by atoms with van der Waals surface area (Å²) in [6.45, 7) is 21.0. The first-order chi connectivity index (χ1) is 29.1. The Kier molecular flexibility index (Phi) is 12.5. The molecule has 15 atom stereocenters. The Morgan fingerprint density at radius 2 is 1.65 bits per heavy atom. The van der Waals surface area contributed by atoms with Crippen LogP contribution in [0.3, 0.4) is 0 Å². The van der Waals surface area contributed by atoms with E-state index in [2.05, 4.69) is 64.4 Å². The molecule has 5 N–H and O–H groups in total. The lowest BCUT2D eigenvalue weighted by Gasteiger charge is -2.72. The molecule has 2 aliphatic heterocycles. The van der Waals surface area contributed by atoms with Gasteiger partial charge >= 0.3 is 5.97 Å². The molecule has 0 aromatic heterocycles. The second-order valence-corrected chi connectivity index (χ2v) is 25.1. The van der Waals surface area contributed by atoms with Crippen molar-refractivity contribution < 1.29 is 47.5 Å². The van der Waals surface area contributed by atoms with Gasteiger partial charge in [0.1, 0.15) is 36.5 Å². The van der Waals surface area contributed by atoms with Crippen molar-refractivity contribution in [2.45, 2.75) is 155 Å². The average Bonchev–Trinajstić information content (AvgIpc) is 3.62. The van der Waals surface area contributed by atoms with Crippen LogP contribution < -0.4 is 5.32 Å². The molecule has 8 aliphatic rings. The molecular weight excluding hydrogens is 812 g/mol. The van der Waals surface area contributed by atoms with Crippen LogP contribution in [0.2, 0.25) is 0 Å². The van der Waals surface area contributed by atoms with Crippen molar-refractivity contribution in [1.82, 2.24) is 10.2 Å². The summed E-state index contributed by atoms with van der Waals surface area (Å²) in [5.74, 6) is 2.36. The van der Waals surface area contributed by atoms with Gasteiger partial charge in [0.15, 0.2) is 9.84 Å². The Bertz CT molecular complexity index is 1910. The number of esters is 1. The summed E-state index contributed by atoms with van der Waals surface area (Å²) in [7, 11) is -2.90. The maximum absolute atomic E-state index is 15.0. The highest BCUT2D eigenvalue weighted by Gasteiger charge is 2.70. The van der Waals surface area contributed by atoms with Crippen LogP contribution in [0.5, 0.6) is 0 Å². The molecule has 0 unspecified atom stereocenters. The fourth-order valence-corrected chi connectivity index (χ4v) is 17.2. The molecule has 0 spiro atoms. The number of allylic oxidation sites excluding steroid dienone is 5. The van der Waals surface area contributed by atoms with E-state index < -0.39 is 65.2 Å². The lowest BCUT2D eigenvalue weighted by atomic mass is 9.33. The smallest absolute Gasteiger partial charge is 0.317 e. The molecule has 4 saturated carbocycles. The molecule has 11 nitrogen and oxygen atoms in total. The van der Waals surface area contributed by atoms with E-state index in [1.54, 1.807) is 0 Å². The van der Waals surface area contributed by atoms with Crippen LogP contribution in [0.4, 0.5) is 4.39 Å². The van der Waals surface area contributed by atoms with Gasteiger partial charge in [-0.25, -0.2) is 12.8 Å². The minimum absolute atomic E-state index is 0.0918. The Balaban J connectivity index is 0.987. The van der Waals surface area contributed by atoms with E-state index in [-0.39, 0.29) is 51.5 Å². The molecular formula is C49H77FN2O9S. The predicted molar refractivity (Wildman–Crippen MR) is 236 cm³/mol. The van der Waals surface area contributed by atoms with Crippen molar-refractivity contribution in [2.75, 3.05) is 51.0 Å². The maximum atomic E-state index is 15.0. The second-order valence-electron chi connectivity index (χ2n) is 22.8. The SMILES string of the molecule is C=C(C)[C@@H]1CC[C@]2(NCCN3CCS(=O)(=O)CC3)CC[C@]3(C)[C@H](CC[C@@H]4[C@@]5(C)CC=C(C6=CC[C@@](CF)(C(=O)O[C@@H]7O[C@H](CO)[C@@H](O)[C@H](O)[C@H]7O)CC6)C(C)(C)[C@@H]5CC[C@]43C)[C@@H]12. The molecule has 6 fully saturated rings.